The zero-order chi connectivity index (χ0) is 20.6. The Morgan fingerprint density at radius 1 is 0.387 bits per heavy atom. The molecule has 0 saturated heterocycles. The minimum atomic E-state index is -0.106. The number of rotatable bonds is 4. The van der Waals surface area contributed by atoms with E-state index in [9.17, 15) is 0 Å². The van der Waals surface area contributed by atoms with Crippen molar-refractivity contribution < 1.29 is 50.1 Å². The number of benzene rings is 4. The Bertz CT molecular complexity index is 752. The molecule has 0 unspecified atom stereocenters. The minimum Gasteiger partial charge on any atom is -0.0622 e. The molecule has 0 heterocycles. The van der Waals surface area contributed by atoms with Crippen LogP contribution in [0.15, 0.2) is 121 Å². The molecule has 4 rings (SSSR count). The molecular weight excluding hydrogens is 639 g/mol. The molecule has 168 valence electrons. The van der Waals surface area contributed by atoms with E-state index in [1.165, 1.54) is 21.2 Å². The van der Waals surface area contributed by atoms with Crippen LogP contribution in [0.3, 0.4) is 0 Å². The summed E-state index contributed by atoms with van der Waals surface area (Å²) < 4.78 is 0. The van der Waals surface area contributed by atoms with Gasteiger partial charge in [0.05, 0.1) is 0 Å². The van der Waals surface area contributed by atoms with Crippen LogP contribution < -0.4 is 21.2 Å². The molecule has 0 nitrogen and oxygen atoms in total. The maximum Gasteiger partial charge on any atom is 0 e. The van der Waals surface area contributed by atoms with Gasteiger partial charge in [-0.3, -0.25) is 0 Å². The molecule has 0 bridgehead atoms. The van der Waals surface area contributed by atoms with E-state index in [1.54, 1.807) is 0 Å². The van der Waals surface area contributed by atoms with Crippen molar-refractivity contribution >= 4 is 57.4 Å². The maximum atomic E-state index is 4.81. The standard InChI is InChI=1S/2C12H11P.2ClH.2Fe.Pd/c2*1-3-7-11(8-4-1)13-12-9-5-2-6-10-12;;;;;/h2*1-10,13H;2*1H;;;/q;;;;;;+2/p-2. The molecular formula is C24H22Cl2Fe2P2Pd. The first kappa shape index (κ1) is 31.0. The third kappa shape index (κ3) is 14.7. The molecule has 0 spiro atoms. The second-order valence-electron chi connectivity index (χ2n) is 5.76. The van der Waals surface area contributed by atoms with Crippen molar-refractivity contribution in [2.24, 2.45) is 0 Å². The van der Waals surface area contributed by atoms with E-state index in [2.05, 4.69) is 121 Å². The van der Waals surface area contributed by atoms with Crippen molar-refractivity contribution in [2.45, 2.75) is 0 Å². The molecule has 0 saturated carbocycles. The van der Waals surface area contributed by atoms with Crippen molar-refractivity contribution in [3.63, 3.8) is 0 Å². The molecule has 0 atom stereocenters. The fraction of sp³-hybridized carbons (Fsp3) is 0. The fourth-order valence-electron chi connectivity index (χ4n) is 2.42. The summed E-state index contributed by atoms with van der Waals surface area (Å²) in [6.07, 6.45) is 0. The SMILES string of the molecule is [Cl][Pd][Cl].[Fe].[Fe].c1ccc(Pc2ccccc2)cc1.c1ccc(Pc2ccccc2)cc1. The van der Waals surface area contributed by atoms with Crippen molar-refractivity contribution in [3.8, 4) is 0 Å². The number of halogens is 2. The van der Waals surface area contributed by atoms with Gasteiger partial charge in [-0.1, -0.05) is 138 Å². The quantitative estimate of drug-likeness (QED) is 0.186. The molecule has 0 N–H and O–H groups in total. The summed E-state index contributed by atoms with van der Waals surface area (Å²) in [5.74, 6) is 0. The predicted molar refractivity (Wildman–Crippen MR) is 133 cm³/mol. The Kier molecular flexibility index (Phi) is 20.6. The molecule has 0 aliphatic heterocycles. The minimum absolute atomic E-state index is 0. The summed E-state index contributed by atoms with van der Waals surface area (Å²) in [7, 11) is 11.2. The Morgan fingerprint density at radius 3 is 0.710 bits per heavy atom. The summed E-state index contributed by atoms with van der Waals surface area (Å²) >= 11 is -0.106. The van der Waals surface area contributed by atoms with Crippen molar-refractivity contribution in [2.75, 3.05) is 0 Å². The Hall–Kier alpha value is 0.0213. The van der Waals surface area contributed by atoms with Crippen molar-refractivity contribution in [1.29, 1.82) is 0 Å². The zero-order valence-electron chi connectivity index (χ0n) is 16.3. The molecule has 0 aliphatic carbocycles. The summed E-state index contributed by atoms with van der Waals surface area (Å²) in [6, 6.07) is 42.3. The van der Waals surface area contributed by atoms with E-state index < -0.39 is 0 Å². The monoisotopic (exact) mass is 660 g/mol. The first-order chi connectivity index (χ1) is 14.3. The van der Waals surface area contributed by atoms with E-state index in [4.69, 9.17) is 19.1 Å². The molecule has 0 amide bonds. The first-order valence-electron chi connectivity index (χ1n) is 8.88. The smallest absolute Gasteiger partial charge is 0 e. The van der Waals surface area contributed by atoms with Crippen LogP contribution in [0.2, 0.25) is 0 Å². The van der Waals surface area contributed by atoms with Gasteiger partial charge >= 0.3 is 35.0 Å². The van der Waals surface area contributed by atoms with Crippen LogP contribution in [-0.4, -0.2) is 0 Å². The van der Waals surface area contributed by atoms with Crippen LogP contribution in [0.1, 0.15) is 0 Å². The van der Waals surface area contributed by atoms with Crippen LogP contribution in [0.25, 0.3) is 0 Å². The van der Waals surface area contributed by atoms with Gasteiger partial charge in [0.1, 0.15) is 0 Å². The molecule has 4 aromatic rings. The number of hydrogen-bond donors (Lipinski definition) is 0. The summed E-state index contributed by atoms with van der Waals surface area (Å²) in [4.78, 5) is 0. The van der Waals surface area contributed by atoms with Crippen LogP contribution >= 0.6 is 36.2 Å². The molecule has 0 fully saturated rings. The van der Waals surface area contributed by atoms with Crippen molar-refractivity contribution in [3.05, 3.63) is 121 Å². The third-order valence-electron chi connectivity index (χ3n) is 3.67. The van der Waals surface area contributed by atoms with Gasteiger partial charge in [-0.15, -0.1) is 0 Å². The molecule has 31 heavy (non-hydrogen) atoms. The summed E-state index contributed by atoms with van der Waals surface area (Å²) in [5, 5.41) is 5.59. The Morgan fingerprint density at radius 2 is 0.548 bits per heavy atom. The molecule has 0 aliphatic rings. The second-order valence-corrected chi connectivity index (χ2v) is 10.9. The third-order valence-corrected chi connectivity index (χ3v) is 6.16. The van der Waals surface area contributed by atoms with Crippen LogP contribution in [0.5, 0.6) is 0 Å². The van der Waals surface area contributed by atoms with E-state index in [1.807, 2.05) is 0 Å². The maximum absolute atomic E-state index is 4.81. The Labute approximate surface area is 226 Å². The van der Waals surface area contributed by atoms with E-state index in [-0.39, 0.29) is 50.1 Å². The van der Waals surface area contributed by atoms with Crippen LogP contribution in [0.4, 0.5) is 0 Å². The van der Waals surface area contributed by atoms with E-state index in [0.717, 1.165) is 17.2 Å². The van der Waals surface area contributed by atoms with Gasteiger partial charge < -0.3 is 0 Å². The second kappa shape index (κ2) is 20.6. The largest absolute Gasteiger partial charge is 0.0622 e. The van der Waals surface area contributed by atoms with Gasteiger partial charge in [0, 0.05) is 34.1 Å². The normalized spacial score (nSPS) is 8.97. The summed E-state index contributed by atoms with van der Waals surface area (Å²) in [6.45, 7) is 0. The molecule has 4 aromatic carbocycles. The van der Waals surface area contributed by atoms with Gasteiger partial charge in [-0.2, -0.15) is 0 Å². The zero-order valence-corrected chi connectivity index (χ0v) is 23.6. The van der Waals surface area contributed by atoms with Gasteiger partial charge in [0.25, 0.3) is 0 Å². The van der Waals surface area contributed by atoms with Gasteiger partial charge in [0.2, 0.25) is 0 Å². The van der Waals surface area contributed by atoms with Gasteiger partial charge in [-0.25, -0.2) is 0 Å². The van der Waals surface area contributed by atoms with Crippen LogP contribution in [-0.2, 0) is 50.1 Å². The first-order valence-corrected chi connectivity index (χ1v) is 14.9. The fourth-order valence-corrected chi connectivity index (χ4v) is 4.52. The Balaban J connectivity index is 0.000000488. The number of hydrogen-bond acceptors (Lipinski definition) is 0. The predicted octanol–water partition coefficient (Wildman–Crippen LogP) is 6.00. The summed E-state index contributed by atoms with van der Waals surface area (Å²) in [5.41, 5.74) is 0. The van der Waals surface area contributed by atoms with E-state index in [0.29, 0.717) is 0 Å². The van der Waals surface area contributed by atoms with Crippen molar-refractivity contribution in [1.82, 2.24) is 0 Å². The van der Waals surface area contributed by atoms with Gasteiger partial charge in [-0.05, 0) is 21.2 Å². The molecule has 0 aromatic heterocycles. The van der Waals surface area contributed by atoms with Gasteiger partial charge in [0.15, 0.2) is 0 Å². The molecule has 7 heteroatoms. The average molecular weight is 661 g/mol. The van der Waals surface area contributed by atoms with Crippen LogP contribution in [0, 0.1) is 0 Å². The average Bonchev–Trinajstić information content (AvgIpc) is 2.78. The molecule has 0 radical (unpaired) electrons. The topological polar surface area (TPSA) is 0 Å². The van der Waals surface area contributed by atoms with E-state index >= 15 is 0 Å².